The van der Waals surface area contributed by atoms with Crippen LogP contribution in [0.1, 0.15) is 30.0 Å². The van der Waals surface area contributed by atoms with Crippen LogP contribution in [0.3, 0.4) is 0 Å². The van der Waals surface area contributed by atoms with E-state index < -0.39 is 33.1 Å². The molecule has 0 saturated carbocycles. The molecule has 12 heteroatoms. The van der Waals surface area contributed by atoms with E-state index in [0.29, 0.717) is 16.0 Å². The zero-order valence-corrected chi connectivity index (χ0v) is 21.4. The minimum absolute atomic E-state index is 0.000212. The van der Waals surface area contributed by atoms with Gasteiger partial charge in [0.1, 0.15) is 5.82 Å². The fourth-order valence-corrected chi connectivity index (χ4v) is 6.02. The predicted molar refractivity (Wildman–Crippen MR) is 132 cm³/mol. The number of hydrogen-bond donors (Lipinski definition) is 0. The van der Waals surface area contributed by atoms with Crippen molar-refractivity contribution in [1.82, 2.24) is 9.55 Å². The van der Waals surface area contributed by atoms with Gasteiger partial charge in [0.25, 0.3) is 0 Å². The summed E-state index contributed by atoms with van der Waals surface area (Å²) in [7, 11) is -3.53. The number of nitrogens with zero attached hydrogens (tertiary/aromatic N) is 2. The first-order valence-electron chi connectivity index (χ1n) is 10.7. The van der Waals surface area contributed by atoms with Crippen LogP contribution in [-0.4, -0.2) is 36.8 Å². The minimum atomic E-state index is -4.70. The van der Waals surface area contributed by atoms with Gasteiger partial charge < -0.3 is 9.30 Å². The Labute approximate surface area is 215 Å². The third-order valence-corrected chi connectivity index (χ3v) is 8.22. The van der Waals surface area contributed by atoms with Crippen molar-refractivity contribution in [3.8, 4) is 11.4 Å². The number of carbonyl (C=O) groups is 1. The number of rotatable bonds is 6. The van der Waals surface area contributed by atoms with Gasteiger partial charge in [0.15, 0.2) is 15.5 Å². The quantitative estimate of drug-likeness (QED) is 0.335. The minimum Gasteiger partial charge on any atom is -0.463 e. The fraction of sp³-hybridized carbons (Fsp3) is 0.250. The Morgan fingerprint density at radius 3 is 2.58 bits per heavy atom. The van der Waals surface area contributed by atoms with Gasteiger partial charge in [-0.1, -0.05) is 47.6 Å². The van der Waals surface area contributed by atoms with Gasteiger partial charge in [0.05, 0.1) is 27.5 Å². The molecule has 0 fully saturated rings. The molecule has 1 aliphatic heterocycles. The lowest BCUT2D eigenvalue weighted by molar-refractivity contribution is -0.141. The lowest BCUT2D eigenvalue weighted by atomic mass is 10.1. The van der Waals surface area contributed by atoms with E-state index in [9.17, 15) is 26.4 Å². The van der Waals surface area contributed by atoms with Crippen molar-refractivity contribution < 1.29 is 31.1 Å². The summed E-state index contributed by atoms with van der Waals surface area (Å²) in [5, 5.41) is -0.475. The average Bonchev–Trinajstić information content (AvgIpc) is 3.44. The van der Waals surface area contributed by atoms with Crippen molar-refractivity contribution in [2.45, 2.75) is 29.8 Å². The molecule has 6 nitrogen and oxygen atoms in total. The van der Waals surface area contributed by atoms with Gasteiger partial charge in [-0.2, -0.15) is 13.2 Å². The van der Waals surface area contributed by atoms with Crippen LogP contribution < -0.4 is 0 Å². The van der Waals surface area contributed by atoms with Crippen LogP contribution in [0.15, 0.2) is 65.2 Å². The summed E-state index contributed by atoms with van der Waals surface area (Å²) in [5.74, 6) is -0.623. The number of carbonyl (C=O) groups excluding carboxylic acids is 1. The molecule has 0 N–H and O–H groups in total. The second-order valence-corrected chi connectivity index (χ2v) is 11.6. The van der Waals surface area contributed by atoms with Crippen LogP contribution in [0.25, 0.3) is 16.3 Å². The molecule has 0 amide bonds. The Balaban J connectivity index is 1.83. The molecule has 4 rings (SSSR count). The Hall–Kier alpha value is -2.76. The van der Waals surface area contributed by atoms with Crippen LogP contribution in [-0.2, 0) is 25.5 Å². The highest BCUT2D eigenvalue weighted by Gasteiger charge is 2.39. The van der Waals surface area contributed by atoms with Crippen LogP contribution in [0.2, 0.25) is 5.02 Å². The van der Waals surface area contributed by atoms with Crippen molar-refractivity contribution in [1.29, 1.82) is 0 Å². The van der Waals surface area contributed by atoms with E-state index in [1.165, 1.54) is 16.7 Å². The number of aromatic nitrogens is 2. The second kappa shape index (κ2) is 9.95. The number of benzene rings is 2. The largest absolute Gasteiger partial charge is 0.463 e. The number of alkyl halides is 3. The summed E-state index contributed by atoms with van der Waals surface area (Å²) >= 11 is 7.42. The maximum absolute atomic E-state index is 13.6. The zero-order valence-electron chi connectivity index (χ0n) is 19.0. The normalized spacial score (nSPS) is 16.4. The third-order valence-electron chi connectivity index (χ3n) is 5.40. The third kappa shape index (κ3) is 5.33. The molecule has 1 aliphatic rings. The van der Waals surface area contributed by atoms with E-state index in [0.717, 1.165) is 24.2 Å². The molecule has 0 spiro atoms. The lowest BCUT2D eigenvalue weighted by Gasteiger charge is -2.16. The van der Waals surface area contributed by atoms with E-state index in [2.05, 4.69) is 4.98 Å². The van der Waals surface area contributed by atoms with Crippen LogP contribution >= 0.6 is 23.4 Å². The van der Waals surface area contributed by atoms with E-state index in [4.69, 9.17) is 16.3 Å². The Bertz CT molecular complexity index is 1470. The molecule has 0 bridgehead atoms. The fourth-order valence-electron chi connectivity index (χ4n) is 3.77. The summed E-state index contributed by atoms with van der Waals surface area (Å²) in [5.41, 5.74) is -0.0995. The van der Waals surface area contributed by atoms with Crippen LogP contribution in [0.4, 0.5) is 13.2 Å². The van der Waals surface area contributed by atoms with Crippen molar-refractivity contribution in [3.63, 3.8) is 0 Å². The predicted octanol–water partition coefficient (Wildman–Crippen LogP) is 6.24. The molecule has 0 radical (unpaired) electrons. The Morgan fingerprint density at radius 1 is 1.22 bits per heavy atom. The number of hydrogen-bond acceptors (Lipinski definition) is 6. The Kier molecular flexibility index (Phi) is 7.27. The van der Waals surface area contributed by atoms with Crippen molar-refractivity contribution in [3.05, 3.63) is 76.6 Å². The molecule has 3 aromatic rings. The summed E-state index contributed by atoms with van der Waals surface area (Å²) < 4.78 is 71.6. The van der Waals surface area contributed by atoms with Gasteiger partial charge in [-0.15, -0.1) is 0 Å². The molecule has 0 aliphatic carbocycles. The maximum atomic E-state index is 13.6. The first-order valence-corrected chi connectivity index (χ1v) is 13.8. The van der Waals surface area contributed by atoms with Gasteiger partial charge in [-0.3, -0.25) is 0 Å². The van der Waals surface area contributed by atoms with Crippen molar-refractivity contribution >= 4 is 44.1 Å². The summed E-state index contributed by atoms with van der Waals surface area (Å²) in [6, 6.07) is 12.5. The van der Waals surface area contributed by atoms with E-state index in [1.54, 1.807) is 43.3 Å². The summed E-state index contributed by atoms with van der Waals surface area (Å²) in [4.78, 5) is 17.1. The summed E-state index contributed by atoms with van der Waals surface area (Å²) in [6.45, 7) is 1.74. The van der Waals surface area contributed by atoms with Crippen LogP contribution in [0.5, 0.6) is 0 Å². The molecule has 2 heterocycles. The number of halogens is 4. The second-order valence-electron chi connectivity index (χ2n) is 7.94. The molecule has 36 heavy (non-hydrogen) atoms. The van der Waals surface area contributed by atoms with Crippen molar-refractivity contribution in [2.24, 2.45) is 0 Å². The van der Waals surface area contributed by atoms with Gasteiger partial charge in [-0.25, -0.2) is 18.2 Å². The standard InChI is InChI=1S/C24H20ClF3N2O4S2/c1-3-34-23(31)17-12-20(35-21(17)14-7-6-8-15(11-14)36(2,32)33)30-13-19(24(26,27)28)29-22(30)16-9-4-5-10-18(16)25/h4-11,13,20H,3,12H2,1-2H3. The number of imidazole rings is 1. The summed E-state index contributed by atoms with van der Waals surface area (Å²) in [6.07, 6.45) is -2.70. The highest BCUT2D eigenvalue weighted by Crippen LogP contribution is 2.52. The SMILES string of the molecule is CCOC(=O)C1=C(c2cccc(S(C)(=O)=O)c2)SC(n2cc(C(F)(F)F)nc2-c2ccccc2Cl)C1. The monoisotopic (exact) mass is 556 g/mol. The van der Waals surface area contributed by atoms with Gasteiger partial charge in [0, 0.05) is 29.3 Å². The number of thioether (sulfide) groups is 1. The molecule has 1 aromatic heterocycles. The van der Waals surface area contributed by atoms with Crippen LogP contribution in [0, 0.1) is 0 Å². The van der Waals surface area contributed by atoms with E-state index >= 15 is 0 Å². The van der Waals surface area contributed by atoms with E-state index in [1.807, 2.05) is 0 Å². The number of sulfone groups is 1. The first kappa shape index (κ1) is 26.3. The molecule has 2 aromatic carbocycles. The smallest absolute Gasteiger partial charge is 0.434 e. The molecular weight excluding hydrogens is 537 g/mol. The molecule has 190 valence electrons. The van der Waals surface area contributed by atoms with Gasteiger partial charge in [-0.05, 0) is 36.8 Å². The Morgan fingerprint density at radius 2 is 1.94 bits per heavy atom. The molecule has 1 atom stereocenters. The molecule has 1 unspecified atom stereocenters. The highest BCUT2D eigenvalue weighted by molar-refractivity contribution is 8.08. The highest BCUT2D eigenvalue weighted by atomic mass is 35.5. The zero-order chi connectivity index (χ0) is 26.3. The molecule has 0 saturated heterocycles. The number of ether oxygens (including phenoxy) is 1. The molecular formula is C24H20ClF3N2O4S2. The topological polar surface area (TPSA) is 78.3 Å². The maximum Gasteiger partial charge on any atom is 0.434 e. The van der Waals surface area contributed by atoms with E-state index in [-0.39, 0.29) is 34.3 Å². The van der Waals surface area contributed by atoms with Gasteiger partial charge >= 0.3 is 12.1 Å². The van der Waals surface area contributed by atoms with Crippen molar-refractivity contribution in [2.75, 3.05) is 12.9 Å². The lowest BCUT2D eigenvalue weighted by Crippen LogP contribution is -2.10. The van der Waals surface area contributed by atoms with Gasteiger partial charge in [0.2, 0.25) is 0 Å². The average molecular weight is 557 g/mol. The number of esters is 1. The first-order chi connectivity index (χ1) is 16.9.